The molecule has 1 fully saturated rings. The van der Waals surface area contributed by atoms with Crippen molar-refractivity contribution in [2.45, 2.75) is 39.0 Å². The van der Waals surface area contributed by atoms with E-state index in [4.69, 9.17) is 0 Å². The molecule has 1 amide bonds. The van der Waals surface area contributed by atoms with Crippen molar-refractivity contribution in [1.29, 1.82) is 0 Å². The lowest BCUT2D eigenvalue weighted by atomic mass is 9.89. The fraction of sp³-hybridized carbons (Fsp3) is 0.524. The molecule has 2 aromatic rings. The number of amides is 1. The first kappa shape index (κ1) is 18.6. The summed E-state index contributed by atoms with van der Waals surface area (Å²) in [7, 11) is 1.91. The summed E-state index contributed by atoms with van der Waals surface area (Å²) < 4.78 is 0. The van der Waals surface area contributed by atoms with Crippen molar-refractivity contribution in [3.05, 3.63) is 52.8 Å². The van der Waals surface area contributed by atoms with Crippen molar-refractivity contribution >= 4 is 5.91 Å². The second kappa shape index (κ2) is 8.49. The van der Waals surface area contributed by atoms with E-state index < -0.39 is 0 Å². The number of benzene rings is 1. The second-order valence-corrected chi connectivity index (χ2v) is 7.44. The van der Waals surface area contributed by atoms with E-state index in [2.05, 4.69) is 45.4 Å². The van der Waals surface area contributed by atoms with E-state index in [0.717, 1.165) is 50.3 Å². The molecular weight excluding hydrogens is 324 g/mol. The Morgan fingerprint density at radius 3 is 2.54 bits per heavy atom. The number of aromatic amines is 1. The summed E-state index contributed by atoms with van der Waals surface area (Å²) >= 11 is 0. The molecule has 1 aliphatic rings. The largest absolute Gasteiger partial charge is 0.344 e. The number of aryl methyl sites for hydroxylation is 2. The Kier molecular flexibility index (Phi) is 6.09. The van der Waals surface area contributed by atoms with E-state index in [1.807, 2.05) is 25.8 Å². The average molecular weight is 354 g/mol. The first-order valence-corrected chi connectivity index (χ1v) is 9.56. The van der Waals surface area contributed by atoms with E-state index >= 15 is 0 Å². The van der Waals surface area contributed by atoms with Gasteiger partial charge in [-0.15, -0.1) is 0 Å². The van der Waals surface area contributed by atoms with Crippen molar-refractivity contribution in [3.63, 3.8) is 0 Å². The number of piperidine rings is 1. The van der Waals surface area contributed by atoms with Crippen LogP contribution >= 0.6 is 0 Å². The molecule has 1 aromatic heterocycles. The topological polar surface area (TPSA) is 52.2 Å². The second-order valence-electron chi connectivity index (χ2n) is 7.44. The van der Waals surface area contributed by atoms with Gasteiger partial charge in [0.05, 0.1) is 12.2 Å². The fourth-order valence-electron chi connectivity index (χ4n) is 3.81. The zero-order valence-corrected chi connectivity index (χ0v) is 16.2. The monoisotopic (exact) mass is 354 g/mol. The normalized spacial score (nSPS) is 16.0. The molecule has 0 atom stereocenters. The number of carbonyl (C=O) groups is 1. The average Bonchev–Trinajstić information content (AvgIpc) is 2.99. The molecule has 3 rings (SSSR count). The summed E-state index contributed by atoms with van der Waals surface area (Å²) in [5.74, 6) is 0.842. The highest BCUT2D eigenvalue weighted by molar-refractivity contribution is 5.78. The van der Waals surface area contributed by atoms with Crippen LogP contribution in [0.4, 0.5) is 0 Å². The number of H-pyrrole nitrogens is 1. The maximum atomic E-state index is 12.6. The number of hydrogen-bond acceptors (Lipinski definition) is 3. The van der Waals surface area contributed by atoms with Gasteiger partial charge in [0.2, 0.25) is 5.91 Å². The third kappa shape index (κ3) is 4.52. The van der Waals surface area contributed by atoms with Crippen LogP contribution in [0.1, 0.15) is 41.3 Å². The van der Waals surface area contributed by atoms with Gasteiger partial charge in [-0.05, 0) is 63.2 Å². The fourth-order valence-corrected chi connectivity index (χ4v) is 3.81. The molecule has 0 aliphatic carbocycles. The lowest BCUT2D eigenvalue weighted by molar-refractivity contribution is -0.131. The Labute approximate surface area is 156 Å². The van der Waals surface area contributed by atoms with Crippen molar-refractivity contribution in [3.8, 4) is 0 Å². The summed E-state index contributed by atoms with van der Waals surface area (Å²) in [4.78, 5) is 16.7. The summed E-state index contributed by atoms with van der Waals surface area (Å²) in [6, 6.07) is 10.7. The van der Waals surface area contributed by atoms with Crippen molar-refractivity contribution in [2.24, 2.45) is 0 Å². The standard InChI is InChI=1S/C21H30N4O/c1-16-20(17(2)23-22-16)11-12-24(3)21(26)15-25-13-9-19(10-14-25)18-7-5-4-6-8-18/h4-8,19H,9-15H2,1-3H3,(H,22,23). The van der Waals surface area contributed by atoms with Crippen LogP contribution in [0.25, 0.3) is 0 Å². The van der Waals surface area contributed by atoms with Gasteiger partial charge in [0.25, 0.3) is 0 Å². The summed E-state index contributed by atoms with van der Waals surface area (Å²) in [5.41, 5.74) is 4.80. The van der Waals surface area contributed by atoms with E-state index in [-0.39, 0.29) is 5.91 Å². The van der Waals surface area contributed by atoms with E-state index in [9.17, 15) is 4.79 Å². The number of aromatic nitrogens is 2. The van der Waals surface area contributed by atoms with Gasteiger partial charge in [0.15, 0.2) is 0 Å². The Bertz CT molecular complexity index is 697. The van der Waals surface area contributed by atoms with Crippen molar-refractivity contribution < 1.29 is 4.79 Å². The highest BCUT2D eigenvalue weighted by atomic mass is 16.2. The van der Waals surface area contributed by atoms with Gasteiger partial charge >= 0.3 is 0 Å². The number of likely N-dealkylation sites (tertiary alicyclic amines) is 1. The SMILES string of the molecule is Cc1n[nH]c(C)c1CCN(C)C(=O)CN1CCC(c2ccccc2)CC1. The molecule has 140 valence electrons. The van der Waals surface area contributed by atoms with Gasteiger partial charge in [-0.25, -0.2) is 0 Å². The predicted octanol–water partition coefficient (Wildman–Crippen LogP) is 2.91. The van der Waals surface area contributed by atoms with Crippen LogP contribution in [0.5, 0.6) is 0 Å². The maximum Gasteiger partial charge on any atom is 0.236 e. The first-order chi connectivity index (χ1) is 12.5. The van der Waals surface area contributed by atoms with Crippen LogP contribution in [0.3, 0.4) is 0 Å². The molecule has 5 nitrogen and oxygen atoms in total. The van der Waals surface area contributed by atoms with Gasteiger partial charge in [-0.2, -0.15) is 5.10 Å². The lowest BCUT2D eigenvalue weighted by Crippen LogP contribution is -2.42. The van der Waals surface area contributed by atoms with Gasteiger partial charge in [0, 0.05) is 19.3 Å². The zero-order chi connectivity index (χ0) is 18.5. The molecule has 0 bridgehead atoms. The number of carbonyl (C=O) groups excluding carboxylic acids is 1. The molecule has 2 heterocycles. The molecule has 0 radical (unpaired) electrons. The quantitative estimate of drug-likeness (QED) is 0.868. The molecular formula is C21H30N4O. The maximum absolute atomic E-state index is 12.6. The molecule has 0 saturated carbocycles. The van der Waals surface area contributed by atoms with Gasteiger partial charge in [0.1, 0.15) is 0 Å². The van der Waals surface area contributed by atoms with Crippen molar-refractivity contribution in [1.82, 2.24) is 20.0 Å². The van der Waals surface area contributed by atoms with Gasteiger partial charge in [-0.3, -0.25) is 14.8 Å². The lowest BCUT2D eigenvalue weighted by Gasteiger charge is -2.32. The minimum atomic E-state index is 0.210. The van der Waals surface area contributed by atoms with Gasteiger partial charge in [-0.1, -0.05) is 30.3 Å². The van der Waals surface area contributed by atoms with Crippen LogP contribution in [-0.4, -0.2) is 59.1 Å². The van der Waals surface area contributed by atoms with Crippen LogP contribution in [0.2, 0.25) is 0 Å². The van der Waals surface area contributed by atoms with Crippen molar-refractivity contribution in [2.75, 3.05) is 33.2 Å². The summed E-state index contributed by atoms with van der Waals surface area (Å²) in [5, 5.41) is 7.24. The molecule has 1 aromatic carbocycles. The Morgan fingerprint density at radius 1 is 1.23 bits per heavy atom. The number of rotatable bonds is 6. The summed E-state index contributed by atoms with van der Waals surface area (Å²) in [6.45, 7) is 7.31. The van der Waals surface area contributed by atoms with E-state index in [1.54, 1.807) is 0 Å². The molecule has 26 heavy (non-hydrogen) atoms. The zero-order valence-electron chi connectivity index (χ0n) is 16.2. The van der Waals surface area contributed by atoms with E-state index in [0.29, 0.717) is 12.5 Å². The minimum Gasteiger partial charge on any atom is -0.344 e. The first-order valence-electron chi connectivity index (χ1n) is 9.56. The Balaban J connectivity index is 1.43. The number of nitrogens with zero attached hydrogens (tertiary/aromatic N) is 3. The highest BCUT2D eigenvalue weighted by Crippen LogP contribution is 2.27. The van der Waals surface area contributed by atoms with Crippen LogP contribution in [-0.2, 0) is 11.2 Å². The van der Waals surface area contributed by atoms with Crippen LogP contribution in [0.15, 0.2) is 30.3 Å². The molecule has 1 aliphatic heterocycles. The third-order valence-corrected chi connectivity index (χ3v) is 5.62. The Morgan fingerprint density at radius 2 is 1.92 bits per heavy atom. The highest BCUT2D eigenvalue weighted by Gasteiger charge is 2.23. The number of hydrogen-bond donors (Lipinski definition) is 1. The van der Waals surface area contributed by atoms with Gasteiger partial charge < -0.3 is 4.90 Å². The third-order valence-electron chi connectivity index (χ3n) is 5.62. The molecule has 1 saturated heterocycles. The molecule has 1 N–H and O–H groups in total. The molecule has 0 spiro atoms. The number of likely N-dealkylation sites (N-methyl/N-ethyl adjacent to an activating group) is 1. The molecule has 5 heteroatoms. The Hall–Kier alpha value is -2.14. The van der Waals surface area contributed by atoms with Crippen LogP contribution < -0.4 is 0 Å². The van der Waals surface area contributed by atoms with E-state index in [1.165, 1.54) is 11.1 Å². The smallest absolute Gasteiger partial charge is 0.236 e. The predicted molar refractivity (Wildman–Crippen MR) is 104 cm³/mol. The van der Waals surface area contributed by atoms with Crippen LogP contribution in [0, 0.1) is 13.8 Å². The summed E-state index contributed by atoms with van der Waals surface area (Å²) in [6.07, 6.45) is 3.12. The molecule has 0 unspecified atom stereocenters. The number of nitrogens with one attached hydrogen (secondary N) is 1. The minimum absolute atomic E-state index is 0.210.